The molecule has 0 radical (unpaired) electrons. The van der Waals surface area contributed by atoms with Crippen LogP contribution in [0.1, 0.15) is 18.4 Å². The van der Waals surface area contributed by atoms with E-state index >= 15 is 0 Å². The van der Waals surface area contributed by atoms with Gasteiger partial charge in [0.2, 0.25) is 0 Å². The van der Waals surface area contributed by atoms with Crippen LogP contribution in [-0.4, -0.2) is 51.5 Å². The van der Waals surface area contributed by atoms with Crippen molar-refractivity contribution in [2.75, 3.05) is 44.4 Å². The van der Waals surface area contributed by atoms with Gasteiger partial charge in [0, 0.05) is 37.0 Å². The lowest BCUT2D eigenvalue weighted by Gasteiger charge is -2.30. The molecule has 1 aromatic rings. The van der Waals surface area contributed by atoms with Gasteiger partial charge in [-0.05, 0) is 36.6 Å². The fourth-order valence-electron chi connectivity index (χ4n) is 3.04. The largest absolute Gasteiger partial charge is 0.378 e. The van der Waals surface area contributed by atoms with E-state index in [4.69, 9.17) is 26.8 Å². The molecule has 0 spiro atoms. The van der Waals surface area contributed by atoms with Gasteiger partial charge in [0.15, 0.2) is 5.96 Å². The van der Waals surface area contributed by atoms with Crippen LogP contribution >= 0.6 is 11.6 Å². The van der Waals surface area contributed by atoms with Crippen molar-refractivity contribution < 1.29 is 9.47 Å². The number of nitrogens with two attached hydrogens (primary N) is 1. The number of hydrogen-bond donors (Lipinski definition) is 2. The minimum absolute atomic E-state index is 0.244. The minimum Gasteiger partial charge on any atom is -0.378 e. The van der Waals surface area contributed by atoms with Crippen LogP contribution in [0.5, 0.6) is 0 Å². The number of rotatable bonds is 5. The Morgan fingerprint density at radius 1 is 1.33 bits per heavy atom. The van der Waals surface area contributed by atoms with Crippen molar-refractivity contribution in [3.05, 3.63) is 28.8 Å². The summed E-state index contributed by atoms with van der Waals surface area (Å²) in [6.45, 7) is 5.30. The highest BCUT2D eigenvalue weighted by atomic mass is 35.5. The van der Waals surface area contributed by atoms with Gasteiger partial charge in [-0.25, -0.2) is 4.99 Å². The lowest BCUT2D eigenvalue weighted by atomic mass is 10.1. The molecule has 3 rings (SSSR count). The lowest BCUT2D eigenvalue weighted by molar-refractivity contribution is 0.114. The Morgan fingerprint density at radius 3 is 2.92 bits per heavy atom. The molecule has 2 aliphatic heterocycles. The Balaban J connectivity index is 1.62. The number of nitrogens with zero attached hydrogens (tertiary/aromatic N) is 2. The highest BCUT2D eigenvalue weighted by molar-refractivity contribution is 6.30. The zero-order chi connectivity index (χ0) is 16.8. The lowest BCUT2D eigenvalue weighted by Crippen LogP contribution is -2.37. The first-order valence-corrected chi connectivity index (χ1v) is 8.86. The fourth-order valence-corrected chi connectivity index (χ4v) is 3.24. The summed E-state index contributed by atoms with van der Waals surface area (Å²) < 4.78 is 11.0. The maximum atomic E-state index is 6.16. The van der Waals surface area contributed by atoms with Crippen molar-refractivity contribution in [3.8, 4) is 0 Å². The average Bonchev–Trinajstić information content (AvgIpc) is 3.12. The summed E-state index contributed by atoms with van der Waals surface area (Å²) in [5.74, 6) is 0.443. The molecule has 1 unspecified atom stereocenters. The molecule has 0 aliphatic carbocycles. The number of benzene rings is 1. The Kier molecular flexibility index (Phi) is 6.18. The predicted octanol–water partition coefficient (Wildman–Crippen LogP) is 1.76. The quantitative estimate of drug-likeness (QED) is 0.624. The molecule has 3 N–H and O–H groups in total. The minimum atomic E-state index is 0.244. The summed E-state index contributed by atoms with van der Waals surface area (Å²) in [6.07, 6.45) is 2.44. The first-order valence-electron chi connectivity index (χ1n) is 8.49. The molecule has 1 atom stereocenters. The van der Waals surface area contributed by atoms with Crippen LogP contribution in [0.4, 0.5) is 5.69 Å². The van der Waals surface area contributed by atoms with Crippen LogP contribution < -0.4 is 16.0 Å². The van der Waals surface area contributed by atoms with E-state index in [0.717, 1.165) is 57.0 Å². The molecule has 24 heavy (non-hydrogen) atoms. The van der Waals surface area contributed by atoms with Gasteiger partial charge in [-0.2, -0.15) is 0 Å². The first-order chi connectivity index (χ1) is 11.7. The Morgan fingerprint density at radius 2 is 2.17 bits per heavy atom. The van der Waals surface area contributed by atoms with Crippen molar-refractivity contribution in [1.82, 2.24) is 5.32 Å². The zero-order valence-electron chi connectivity index (χ0n) is 13.8. The van der Waals surface area contributed by atoms with Crippen LogP contribution in [0.2, 0.25) is 5.02 Å². The number of anilines is 1. The topological polar surface area (TPSA) is 72.1 Å². The average molecular weight is 353 g/mol. The predicted molar refractivity (Wildman–Crippen MR) is 96.8 cm³/mol. The number of halogens is 1. The van der Waals surface area contributed by atoms with Crippen molar-refractivity contribution in [2.24, 2.45) is 10.7 Å². The van der Waals surface area contributed by atoms with E-state index < -0.39 is 0 Å². The van der Waals surface area contributed by atoms with E-state index in [0.29, 0.717) is 24.1 Å². The fraction of sp³-hybridized carbons (Fsp3) is 0.588. The van der Waals surface area contributed by atoms with Crippen molar-refractivity contribution in [3.63, 3.8) is 0 Å². The van der Waals surface area contributed by atoms with Crippen molar-refractivity contribution >= 4 is 23.2 Å². The Hall–Kier alpha value is -1.50. The number of hydrogen-bond acceptors (Lipinski definition) is 4. The molecule has 0 saturated carbocycles. The van der Waals surface area contributed by atoms with E-state index in [-0.39, 0.29) is 6.10 Å². The molecule has 132 valence electrons. The maximum absolute atomic E-state index is 6.16. The third-order valence-corrected chi connectivity index (χ3v) is 4.58. The van der Waals surface area contributed by atoms with Crippen LogP contribution in [0.25, 0.3) is 0 Å². The van der Waals surface area contributed by atoms with E-state index in [9.17, 15) is 0 Å². The number of ether oxygens (including phenoxy) is 2. The molecule has 7 heteroatoms. The molecule has 0 bridgehead atoms. The van der Waals surface area contributed by atoms with E-state index in [1.165, 1.54) is 0 Å². The van der Waals surface area contributed by atoms with Crippen molar-refractivity contribution in [1.29, 1.82) is 0 Å². The number of nitrogens with one attached hydrogen (secondary N) is 1. The second kappa shape index (κ2) is 8.55. The molecule has 2 aliphatic rings. The third kappa shape index (κ3) is 4.75. The van der Waals surface area contributed by atoms with Crippen LogP contribution in [0.15, 0.2) is 23.2 Å². The highest BCUT2D eigenvalue weighted by Gasteiger charge is 2.16. The summed E-state index contributed by atoms with van der Waals surface area (Å²) in [6, 6.07) is 5.93. The van der Waals surface area contributed by atoms with Gasteiger partial charge < -0.3 is 25.4 Å². The monoisotopic (exact) mass is 352 g/mol. The van der Waals surface area contributed by atoms with E-state index in [1.807, 2.05) is 12.1 Å². The number of morpholine rings is 1. The molecule has 2 saturated heterocycles. The van der Waals surface area contributed by atoms with E-state index in [1.54, 1.807) is 0 Å². The van der Waals surface area contributed by atoms with Crippen molar-refractivity contribution in [2.45, 2.75) is 25.5 Å². The van der Waals surface area contributed by atoms with Crippen LogP contribution in [0, 0.1) is 0 Å². The standard InChI is InChI=1S/C17H25ClN4O2/c18-14-3-4-16(22-5-8-23-9-6-22)13(10-14)11-20-17(19)21-12-15-2-1-7-24-15/h3-4,10,15H,1-2,5-9,11-12H2,(H3,19,20,21). The van der Waals surface area contributed by atoms with Gasteiger partial charge >= 0.3 is 0 Å². The smallest absolute Gasteiger partial charge is 0.189 e. The van der Waals surface area contributed by atoms with Crippen LogP contribution in [-0.2, 0) is 16.0 Å². The molecule has 6 nitrogen and oxygen atoms in total. The van der Waals surface area contributed by atoms with Gasteiger partial charge in [-0.3, -0.25) is 0 Å². The summed E-state index contributed by atoms with van der Waals surface area (Å²) in [4.78, 5) is 6.77. The zero-order valence-corrected chi connectivity index (χ0v) is 14.6. The molecule has 0 aromatic heterocycles. The summed E-state index contributed by atoms with van der Waals surface area (Å²) in [5.41, 5.74) is 8.21. The normalized spacial score (nSPS) is 22.0. The highest BCUT2D eigenvalue weighted by Crippen LogP contribution is 2.26. The molecule has 1 aromatic carbocycles. The van der Waals surface area contributed by atoms with Gasteiger partial charge in [0.25, 0.3) is 0 Å². The molecule has 0 amide bonds. The van der Waals surface area contributed by atoms with E-state index in [2.05, 4.69) is 21.3 Å². The summed E-state index contributed by atoms with van der Waals surface area (Å²) >= 11 is 6.16. The first kappa shape index (κ1) is 17.3. The maximum Gasteiger partial charge on any atom is 0.189 e. The molecular weight excluding hydrogens is 328 g/mol. The molecule has 2 heterocycles. The molecular formula is C17H25ClN4O2. The Labute approximate surface area is 148 Å². The second-order valence-electron chi connectivity index (χ2n) is 6.09. The third-order valence-electron chi connectivity index (χ3n) is 4.35. The number of aliphatic imine (C=N–C) groups is 1. The summed E-state index contributed by atoms with van der Waals surface area (Å²) in [5, 5.41) is 3.86. The second-order valence-corrected chi connectivity index (χ2v) is 6.53. The number of guanidine groups is 1. The molecule has 2 fully saturated rings. The summed E-state index contributed by atoms with van der Waals surface area (Å²) in [7, 11) is 0. The van der Waals surface area contributed by atoms with Gasteiger partial charge in [0.1, 0.15) is 0 Å². The van der Waals surface area contributed by atoms with Gasteiger partial charge in [-0.1, -0.05) is 11.6 Å². The van der Waals surface area contributed by atoms with Crippen LogP contribution in [0.3, 0.4) is 0 Å². The SMILES string of the molecule is NC(=NCc1cc(Cl)ccc1N1CCOCC1)NCC1CCCO1. The Bertz CT molecular complexity index is 570. The van der Waals surface area contributed by atoms with Gasteiger partial charge in [-0.15, -0.1) is 0 Å². The van der Waals surface area contributed by atoms with Gasteiger partial charge in [0.05, 0.1) is 25.9 Å².